The molecule has 86 valence electrons. The van der Waals surface area contributed by atoms with Crippen LogP contribution in [-0.2, 0) is 4.74 Å². The van der Waals surface area contributed by atoms with Crippen molar-refractivity contribution in [3.8, 4) is 0 Å². The maximum Gasteiger partial charge on any atom is 0.409 e. The SMILES string of the molecule is CCOC(=O)N1CCC(/C=C/CN)CC1. The lowest BCUT2D eigenvalue weighted by atomic mass is 9.97. The summed E-state index contributed by atoms with van der Waals surface area (Å²) in [7, 11) is 0. The molecule has 0 bridgehead atoms. The summed E-state index contributed by atoms with van der Waals surface area (Å²) in [6, 6.07) is 0. The molecule has 0 aromatic rings. The van der Waals surface area contributed by atoms with Crippen molar-refractivity contribution in [2.24, 2.45) is 11.7 Å². The maximum absolute atomic E-state index is 11.4. The minimum absolute atomic E-state index is 0.182. The molecule has 1 rings (SSSR count). The summed E-state index contributed by atoms with van der Waals surface area (Å²) in [5.41, 5.74) is 5.39. The molecule has 0 aromatic heterocycles. The van der Waals surface area contributed by atoms with E-state index >= 15 is 0 Å². The highest BCUT2D eigenvalue weighted by Crippen LogP contribution is 2.18. The smallest absolute Gasteiger partial charge is 0.409 e. The van der Waals surface area contributed by atoms with E-state index in [9.17, 15) is 4.79 Å². The quantitative estimate of drug-likeness (QED) is 0.719. The van der Waals surface area contributed by atoms with Crippen molar-refractivity contribution in [2.45, 2.75) is 19.8 Å². The van der Waals surface area contributed by atoms with Gasteiger partial charge in [-0.3, -0.25) is 0 Å². The molecule has 2 N–H and O–H groups in total. The van der Waals surface area contributed by atoms with Crippen LogP contribution in [0.25, 0.3) is 0 Å². The average Bonchev–Trinajstić information content (AvgIpc) is 2.27. The highest BCUT2D eigenvalue weighted by atomic mass is 16.6. The van der Waals surface area contributed by atoms with Crippen LogP contribution in [0.4, 0.5) is 4.79 Å². The van der Waals surface area contributed by atoms with Crippen molar-refractivity contribution in [2.75, 3.05) is 26.2 Å². The van der Waals surface area contributed by atoms with Crippen LogP contribution in [0, 0.1) is 5.92 Å². The highest BCUT2D eigenvalue weighted by Gasteiger charge is 2.21. The molecule has 0 unspecified atom stereocenters. The summed E-state index contributed by atoms with van der Waals surface area (Å²) >= 11 is 0. The van der Waals surface area contributed by atoms with Gasteiger partial charge in [0.2, 0.25) is 0 Å². The van der Waals surface area contributed by atoms with Gasteiger partial charge in [0.25, 0.3) is 0 Å². The van der Waals surface area contributed by atoms with Gasteiger partial charge in [0.1, 0.15) is 0 Å². The van der Waals surface area contributed by atoms with Gasteiger partial charge in [0, 0.05) is 19.6 Å². The van der Waals surface area contributed by atoms with Gasteiger partial charge in [0.05, 0.1) is 6.61 Å². The summed E-state index contributed by atoms with van der Waals surface area (Å²) in [6.45, 7) is 4.45. The Morgan fingerprint density at radius 1 is 1.53 bits per heavy atom. The second-order valence-corrected chi connectivity index (χ2v) is 3.69. The van der Waals surface area contributed by atoms with E-state index in [2.05, 4.69) is 6.08 Å². The molecule has 0 radical (unpaired) electrons. The fourth-order valence-corrected chi connectivity index (χ4v) is 1.76. The number of rotatable bonds is 3. The molecule has 15 heavy (non-hydrogen) atoms. The van der Waals surface area contributed by atoms with Crippen molar-refractivity contribution in [3.05, 3.63) is 12.2 Å². The third-order valence-corrected chi connectivity index (χ3v) is 2.61. The number of piperidine rings is 1. The number of ether oxygens (including phenoxy) is 1. The Labute approximate surface area is 91.1 Å². The van der Waals surface area contributed by atoms with E-state index in [1.807, 2.05) is 13.0 Å². The molecule has 4 nitrogen and oxygen atoms in total. The van der Waals surface area contributed by atoms with Gasteiger partial charge in [-0.05, 0) is 25.7 Å². The monoisotopic (exact) mass is 212 g/mol. The lowest BCUT2D eigenvalue weighted by molar-refractivity contribution is 0.0953. The largest absolute Gasteiger partial charge is 0.450 e. The van der Waals surface area contributed by atoms with Crippen LogP contribution < -0.4 is 5.73 Å². The second kappa shape index (κ2) is 6.45. The summed E-state index contributed by atoms with van der Waals surface area (Å²) in [4.78, 5) is 13.2. The molecule has 1 saturated heterocycles. The summed E-state index contributed by atoms with van der Waals surface area (Å²) in [5.74, 6) is 0.569. The number of nitrogens with two attached hydrogens (primary N) is 1. The molecule has 0 spiro atoms. The average molecular weight is 212 g/mol. The van der Waals surface area contributed by atoms with E-state index in [1.165, 1.54) is 0 Å². The number of carbonyl (C=O) groups is 1. The van der Waals surface area contributed by atoms with Crippen LogP contribution in [0.1, 0.15) is 19.8 Å². The first-order valence-corrected chi connectivity index (χ1v) is 5.56. The Morgan fingerprint density at radius 3 is 2.73 bits per heavy atom. The Balaban J connectivity index is 2.29. The molecule has 0 saturated carbocycles. The Morgan fingerprint density at radius 2 is 2.20 bits per heavy atom. The van der Waals surface area contributed by atoms with Gasteiger partial charge >= 0.3 is 6.09 Å². The molecular formula is C11H20N2O2. The van der Waals surface area contributed by atoms with E-state index < -0.39 is 0 Å². The van der Waals surface area contributed by atoms with Gasteiger partial charge in [0.15, 0.2) is 0 Å². The van der Waals surface area contributed by atoms with E-state index in [0.717, 1.165) is 25.9 Å². The maximum atomic E-state index is 11.4. The molecule has 4 heteroatoms. The number of amides is 1. The Hall–Kier alpha value is -1.03. The zero-order valence-corrected chi connectivity index (χ0v) is 9.32. The summed E-state index contributed by atoms with van der Waals surface area (Å²) < 4.78 is 4.95. The minimum Gasteiger partial charge on any atom is -0.450 e. The number of hydrogen-bond acceptors (Lipinski definition) is 3. The first kappa shape index (κ1) is 12.0. The van der Waals surface area contributed by atoms with Crippen LogP contribution in [-0.4, -0.2) is 37.2 Å². The fourth-order valence-electron chi connectivity index (χ4n) is 1.76. The second-order valence-electron chi connectivity index (χ2n) is 3.69. The first-order chi connectivity index (χ1) is 7.27. The van der Waals surface area contributed by atoms with E-state index in [-0.39, 0.29) is 6.09 Å². The topological polar surface area (TPSA) is 55.6 Å². The number of hydrogen-bond donors (Lipinski definition) is 1. The van der Waals surface area contributed by atoms with Crippen molar-refractivity contribution in [1.29, 1.82) is 0 Å². The Kier molecular flexibility index (Phi) is 5.18. The van der Waals surface area contributed by atoms with Crippen LogP contribution in [0.2, 0.25) is 0 Å². The van der Waals surface area contributed by atoms with Gasteiger partial charge in [-0.15, -0.1) is 0 Å². The molecule has 0 aromatic carbocycles. The van der Waals surface area contributed by atoms with Gasteiger partial charge in [-0.1, -0.05) is 12.2 Å². The molecule has 1 amide bonds. The van der Waals surface area contributed by atoms with Crippen molar-refractivity contribution in [1.82, 2.24) is 4.90 Å². The zero-order chi connectivity index (χ0) is 11.1. The predicted molar refractivity (Wildman–Crippen MR) is 59.5 cm³/mol. The third kappa shape index (κ3) is 3.91. The van der Waals surface area contributed by atoms with Gasteiger partial charge in [-0.2, -0.15) is 0 Å². The molecule has 1 heterocycles. The molecular weight excluding hydrogens is 192 g/mol. The number of allylic oxidation sites excluding steroid dienone is 1. The van der Waals surface area contributed by atoms with E-state index in [0.29, 0.717) is 19.1 Å². The van der Waals surface area contributed by atoms with Crippen LogP contribution in [0.15, 0.2) is 12.2 Å². The predicted octanol–water partition coefficient (Wildman–Crippen LogP) is 1.37. The third-order valence-electron chi connectivity index (χ3n) is 2.61. The lowest BCUT2D eigenvalue weighted by Gasteiger charge is -2.29. The van der Waals surface area contributed by atoms with Crippen LogP contribution >= 0.6 is 0 Å². The molecule has 0 aliphatic carbocycles. The van der Waals surface area contributed by atoms with Crippen molar-refractivity contribution < 1.29 is 9.53 Å². The van der Waals surface area contributed by atoms with Crippen LogP contribution in [0.5, 0.6) is 0 Å². The molecule has 1 aliphatic rings. The standard InChI is InChI=1S/C11H20N2O2/c1-2-15-11(14)13-8-5-10(6-9-13)4-3-7-12/h3-4,10H,2,5-9,12H2,1H3/b4-3+. The first-order valence-electron chi connectivity index (χ1n) is 5.56. The number of carbonyl (C=O) groups excluding carboxylic acids is 1. The molecule has 1 fully saturated rings. The van der Waals surface area contributed by atoms with Gasteiger partial charge < -0.3 is 15.4 Å². The number of nitrogens with zero attached hydrogens (tertiary/aromatic N) is 1. The van der Waals surface area contributed by atoms with E-state index in [4.69, 9.17) is 10.5 Å². The summed E-state index contributed by atoms with van der Waals surface area (Å²) in [6.07, 6.45) is 5.98. The fraction of sp³-hybridized carbons (Fsp3) is 0.727. The van der Waals surface area contributed by atoms with Crippen molar-refractivity contribution >= 4 is 6.09 Å². The lowest BCUT2D eigenvalue weighted by Crippen LogP contribution is -2.38. The highest BCUT2D eigenvalue weighted by molar-refractivity contribution is 5.67. The molecule has 0 atom stereocenters. The minimum atomic E-state index is -0.182. The van der Waals surface area contributed by atoms with Gasteiger partial charge in [-0.25, -0.2) is 4.79 Å². The number of likely N-dealkylation sites (tertiary alicyclic amines) is 1. The molecule has 1 aliphatic heterocycles. The Bertz CT molecular complexity index is 221. The van der Waals surface area contributed by atoms with E-state index in [1.54, 1.807) is 4.90 Å². The summed E-state index contributed by atoms with van der Waals surface area (Å²) in [5, 5.41) is 0. The van der Waals surface area contributed by atoms with Crippen LogP contribution in [0.3, 0.4) is 0 Å². The van der Waals surface area contributed by atoms with Crippen molar-refractivity contribution in [3.63, 3.8) is 0 Å². The normalized spacial score (nSPS) is 18.4. The zero-order valence-electron chi connectivity index (χ0n) is 9.32.